The molecule has 0 spiro atoms. The Kier molecular flexibility index (Phi) is 5.17. The van der Waals surface area contributed by atoms with Gasteiger partial charge in [0.1, 0.15) is 5.92 Å². The highest BCUT2D eigenvalue weighted by molar-refractivity contribution is 5.81. The Balaban J connectivity index is 2.52. The molecule has 1 atom stereocenters. The van der Waals surface area contributed by atoms with Crippen LogP contribution >= 0.6 is 0 Å². The van der Waals surface area contributed by atoms with Gasteiger partial charge in [-0.2, -0.15) is 5.26 Å². The van der Waals surface area contributed by atoms with Gasteiger partial charge in [-0.1, -0.05) is 26.2 Å². The van der Waals surface area contributed by atoms with Gasteiger partial charge in [0.25, 0.3) is 0 Å². The molecule has 1 aliphatic rings. The predicted molar refractivity (Wildman–Crippen MR) is 59.1 cm³/mol. The molecule has 0 aliphatic carbocycles. The van der Waals surface area contributed by atoms with Gasteiger partial charge in [-0.3, -0.25) is 4.79 Å². The third-order valence-electron chi connectivity index (χ3n) is 3.03. The van der Waals surface area contributed by atoms with Gasteiger partial charge in [0, 0.05) is 13.1 Å². The lowest BCUT2D eigenvalue weighted by Gasteiger charge is -2.26. The van der Waals surface area contributed by atoms with Crippen LogP contribution in [0.15, 0.2) is 0 Å². The van der Waals surface area contributed by atoms with E-state index >= 15 is 0 Å². The minimum Gasteiger partial charge on any atom is -0.342 e. The van der Waals surface area contributed by atoms with Crippen molar-refractivity contribution in [2.75, 3.05) is 13.1 Å². The van der Waals surface area contributed by atoms with E-state index in [4.69, 9.17) is 5.26 Å². The zero-order valence-electron chi connectivity index (χ0n) is 9.54. The summed E-state index contributed by atoms with van der Waals surface area (Å²) < 4.78 is 0. The van der Waals surface area contributed by atoms with E-state index in [0.29, 0.717) is 6.42 Å². The molecule has 1 amide bonds. The fraction of sp³-hybridized carbons (Fsp3) is 0.833. The minimum absolute atomic E-state index is 0.0434. The van der Waals surface area contributed by atoms with Crippen LogP contribution in [0.5, 0.6) is 0 Å². The molecule has 1 heterocycles. The maximum atomic E-state index is 11.9. The maximum absolute atomic E-state index is 11.9. The number of nitriles is 1. The number of amides is 1. The Morgan fingerprint density at radius 1 is 1.27 bits per heavy atom. The van der Waals surface area contributed by atoms with Crippen LogP contribution in [-0.4, -0.2) is 23.9 Å². The molecule has 0 N–H and O–H groups in total. The first-order valence-electron chi connectivity index (χ1n) is 5.98. The van der Waals surface area contributed by atoms with Crippen LogP contribution < -0.4 is 0 Å². The number of carbonyl (C=O) groups excluding carboxylic acids is 1. The SMILES string of the molecule is CCC(C#N)C(=O)N1CCCCCCC1. The van der Waals surface area contributed by atoms with Crippen LogP contribution in [-0.2, 0) is 4.79 Å². The van der Waals surface area contributed by atoms with Crippen molar-refractivity contribution < 1.29 is 4.79 Å². The minimum atomic E-state index is -0.426. The molecule has 1 aliphatic heterocycles. The van der Waals surface area contributed by atoms with Crippen LogP contribution in [0.1, 0.15) is 45.4 Å². The lowest BCUT2D eigenvalue weighted by atomic mass is 10.0. The first-order chi connectivity index (χ1) is 7.29. The summed E-state index contributed by atoms with van der Waals surface area (Å²) in [6.45, 7) is 3.59. The highest BCUT2D eigenvalue weighted by Gasteiger charge is 2.22. The zero-order chi connectivity index (χ0) is 11.1. The van der Waals surface area contributed by atoms with E-state index in [1.54, 1.807) is 0 Å². The normalized spacial score (nSPS) is 19.9. The quantitative estimate of drug-likeness (QED) is 0.699. The van der Waals surface area contributed by atoms with E-state index in [1.165, 1.54) is 19.3 Å². The number of carbonyl (C=O) groups is 1. The van der Waals surface area contributed by atoms with Gasteiger partial charge in [-0.05, 0) is 19.3 Å². The summed E-state index contributed by atoms with van der Waals surface area (Å²) in [5.41, 5.74) is 0. The molecule has 1 fully saturated rings. The second kappa shape index (κ2) is 6.44. The molecule has 84 valence electrons. The third kappa shape index (κ3) is 3.54. The van der Waals surface area contributed by atoms with Gasteiger partial charge < -0.3 is 4.90 Å². The van der Waals surface area contributed by atoms with Gasteiger partial charge in [0.05, 0.1) is 6.07 Å². The summed E-state index contributed by atoms with van der Waals surface area (Å²) in [4.78, 5) is 13.8. The van der Waals surface area contributed by atoms with Crippen LogP contribution in [0.2, 0.25) is 0 Å². The van der Waals surface area contributed by atoms with Gasteiger partial charge in [0.2, 0.25) is 5.91 Å². The second-order valence-electron chi connectivity index (χ2n) is 4.18. The van der Waals surface area contributed by atoms with Crippen molar-refractivity contribution in [3.63, 3.8) is 0 Å². The molecule has 15 heavy (non-hydrogen) atoms. The van der Waals surface area contributed by atoms with Crippen LogP contribution in [0.3, 0.4) is 0 Å². The first kappa shape index (κ1) is 12.0. The van der Waals surface area contributed by atoms with Gasteiger partial charge >= 0.3 is 0 Å². The topological polar surface area (TPSA) is 44.1 Å². The van der Waals surface area contributed by atoms with Crippen molar-refractivity contribution in [3.05, 3.63) is 0 Å². The van der Waals surface area contributed by atoms with E-state index < -0.39 is 5.92 Å². The molecule has 0 aromatic rings. The summed E-state index contributed by atoms with van der Waals surface area (Å²) in [5.74, 6) is -0.383. The average Bonchev–Trinajstić information content (AvgIpc) is 2.18. The van der Waals surface area contributed by atoms with Crippen molar-refractivity contribution in [2.45, 2.75) is 45.4 Å². The Labute approximate surface area is 92.1 Å². The molecule has 1 saturated heterocycles. The summed E-state index contributed by atoms with van der Waals surface area (Å²) in [7, 11) is 0. The smallest absolute Gasteiger partial charge is 0.239 e. The predicted octanol–water partition coefficient (Wildman–Crippen LogP) is 2.33. The molecule has 3 nitrogen and oxygen atoms in total. The summed E-state index contributed by atoms with van der Waals surface area (Å²) in [5, 5.41) is 8.86. The second-order valence-corrected chi connectivity index (χ2v) is 4.18. The molecular weight excluding hydrogens is 188 g/mol. The number of hydrogen-bond donors (Lipinski definition) is 0. The van der Waals surface area contributed by atoms with Crippen molar-refractivity contribution in [3.8, 4) is 6.07 Å². The van der Waals surface area contributed by atoms with Crippen LogP contribution in [0.25, 0.3) is 0 Å². The standard InChI is InChI=1S/C12H20N2O/c1-2-11(10-13)12(15)14-8-6-4-3-5-7-9-14/h11H,2-9H2,1H3. The van der Waals surface area contributed by atoms with E-state index in [2.05, 4.69) is 6.07 Å². The highest BCUT2D eigenvalue weighted by atomic mass is 16.2. The lowest BCUT2D eigenvalue weighted by molar-refractivity contribution is -0.134. The zero-order valence-corrected chi connectivity index (χ0v) is 9.54. The molecule has 3 heteroatoms. The number of hydrogen-bond acceptors (Lipinski definition) is 2. The Morgan fingerprint density at radius 3 is 2.27 bits per heavy atom. The fourth-order valence-electron chi connectivity index (χ4n) is 2.01. The largest absolute Gasteiger partial charge is 0.342 e. The van der Waals surface area contributed by atoms with Crippen molar-refractivity contribution >= 4 is 5.91 Å². The van der Waals surface area contributed by atoms with Gasteiger partial charge in [-0.15, -0.1) is 0 Å². The lowest BCUT2D eigenvalue weighted by Crippen LogP contribution is -2.37. The summed E-state index contributed by atoms with van der Waals surface area (Å²) in [6, 6.07) is 2.09. The monoisotopic (exact) mass is 208 g/mol. The molecule has 1 rings (SSSR count). The van der Waals surface area contributed by atoms with E-state index in [1.807, 2.05) is 11.8 Å². The highest BCUT2D eigenvalue weighted by Crippen LogP contribution is 2.14. The first-order valence-corrected chi connectivity index (χ1v) is 5.98. The van der Waals surface area contributed by atoms with E-state index in [0.717, 1.165) is 25.9 Å². The van der Waals surface area contributed by atoms with Crippen molar-refractivity contribution in [1.82, 2.24) is 4.90 Å². The van der Waals surface area contributed by atoms with E-state index in [-0.39, 0.29) is 5.91 Å². The number of rotatable bonds is 2. The van der Waals surface area contributed by atoms with Crippen LogP contribution in [0.4, 0.5) is 0 Å². The average molecular weight is 208 g/mol. The van der Waals surface area contributed by atoms with Crippen molar-refractivity contribution in [2.24, 2.45) is 5.92 Å². The molecule has 1 unspecified atom stereocenters. The summed E-state index contributed by atoms with van der Waals surface area (Å²) in [6.07, 6.45) is 6.53. The van der Waals surface area contributed by atoms with Gasteiger partial charge in [-0.25, -0.2) is 0 Å². The van der Waals surface area contributed by atoms with Gasteiger partial charge in [0.15, 0.2) is 0 Å². The molecule has 0 saturated carbocycles. The fourth-order valence-corrected chi connectivity index (χ4v) is 2.01. The third-order valence-corrected chi connectivity index (χ3v) is 3.03. The number of nitrogens with zero attached hydrogens (tertiary/aromatic N) is 2. The Hall–Kier alpha value is -1.04. The maximum Gasteiger partial charge on any atom is 0.239 e. The Morgan fingerprint density at radius 2 is 1.80 bits per heavy atom. The van der Waals surface area contributed by atoms with Crippen molar-refractivity contribution in [1.29, 1.82) is 5.26 Å². The summed E-state index contributed by atoms with van der Waals surface area (Å²) >= 11 is 0. The number of likely N-dealkylation sites (tertiary alicyclic amines) is 1. The molecule has 0 bridgehead atoms. The Bertz CT molecular complexity index is 236. The van der Waals surface area contributed by atoms with Crippen LogP contribution in [0, 0.1) is 17.2 Å². The molecular formula is C12H20N2O. The molecule has 0 radical (unpaired) electrons. The van der Waals surface area contributed by atoms with E-state index in [9.17, 15) is 4.79 Å². The molecule has 0 aromatic carbocycles. The molecule has 0 aromatic heterocycles.